The van der Waals surface area contributed by atoms with E-state index >= 15 is 0 Å². The first-order valence-corrected chi connectivity index (χ1v) is 6.82. The van der Waals surface area contributed by atoms with E-state index in [1.165, 1.54) is 0 Å². The van der Waals surface area contributed by atoms with E-state index in [4.69, 9.17) is 4.74 Å². The molecule has 1 saturated heterocycles. The Morgan fingerprint density at radius 2 is 2.00 bits per heavy atom. The summed E-state index contributed by atoms with van der Waals surface area (Å²) in [7, 11) is 0. The molecule has 120 valence electrons. The molecule has 0 saturated carbocycles. The summed E-state index contributed by atoms with van der Waals surface area (Å²) in [5.74, 6) is -1.38. The average Bonchev–Trinajstić information content (AvgIpc) is 2.85. The molecular formula is C14H18N2O6. The highest BCUT2D eigenvalue weighted by Crippen LogP contribution is 2.20. The Morgan fingerprint density at radius 3 is 2.59 bits per heavy atom. The number of aliphatic hydroxyl groups excluding tert-OH is 3. The van der Waals surface area contributed by atoms with Gasteiger partial charge in [0.1, 0.15) is 12.2 Å². The van der Waals surface area contributed by atoms with Crippen LogP contribution in [0.2, 0.25) is 0 Å². The fourth-order valence-corrected chi connectivity index (χ4v) is 2.07. The third-order valence-corrected chi connectivity index (χ3v) is 3.28. The molecule has 4 atom stereocenters. The Hall–Kier alpha value is -2.16. The van der Waals surface area contributed by atoms with Crippen molar-refractivity contribution in [2.75, 3.05) is 5.43 Å². The van der Waals surface area contributed by atoms with Gasteiger partial charge in [-0.2, -0.15) is 0 Å². The van der Waals surface area contributed by atoms with E-state index in [0.717, 1.165) is 0 Å². The molecule has 8 nitrogen and oxygen atoms in total. The molecule has 5 N–H and O–H groups in total. The zero-order valence-electron chi connectivity index (χ0n) is 11.7. The number of benzene rings is 1. The molecule has 4 unspecified atom stereocenters. The number of aliphatic hydroxyl groups is 3. The summed E-state index contributed by atoms with van der Waals surface area (Å²) in [5, 5.41) is 28.9. The van der Waals surface area contributed by atoms with Crippen molar-refractivity contribution >= 4 is 17.6 Å². The summed E-state index contributed by atoms with van der Waals surface area (Å²) in [6.07, 6.45) is -5.68. The van der Waals surface area contributed by atoms with E-state index in [-0.39, 0.29) is 12.8 Å². The van der Waals surface area contributed by atoms with Crippen molar-refractivity contribution in [3.8, 4) is 0 Å². The van der Waals surface area contributed by atoms with Crippen LogP contribution in [0.4, 0.5) is 5.69 Å². The number of para-hydroxylation sites is 1. The van der Waals surface area contributed by atoms with Crippen LogP contribution in [-0.2, 0) is 14.3 Å². The zero-order valence-corrected chi connectivity index (χ0v) is 11.7. The quantitative estimate of drug-likeness (QED) is 0.334. The maximum atomic E-state index is 11.7. The summed E-state index contributed by atoms with van der Waals surface area (Å²) in [5.41, 5.74) is 5.70. The first kappa shape index (κ1) is 16.2. The average molecular weight is 310 g/mol. The highest BCUT2D eigenvalue weighted by molar-refractivity contribution is 5.78. The van der Waals surface area contributed by atoms with Gasteiger partial charge in [-0.3, -0.25) is 15.6 Å². The Morgan fingerprint density at radius 1 is 1.32 bits per heavy atom. The predicted octanol–water partition coefficient (Wildman–Crippen LogP) is -1.08. The van der Waals surface area contributed by atoms with Gasteiger partial charge in [-0.15, -0.1) is 0 Å². The summed E-state index contributed by atoms with van der Waals surface area (Å²) in [6, 6.07) is 8.87. The molecule has 1 fully saturated rings. The van der Waals surface area contributed by atoms with Crippen LogP contribution in [0.3, 0.4) is 0 Å². The van der Waals surface area contributed by atoms with E-state index in [1.807, 2.05) is 6.07 Å². The summed E-state index contributed by atoms with van der Waals surface area (Å²) >= 11 is 0. The molecule has 0 aromatic heterocycles. The van der Waals surface area contributed by atoms with Crippen molar-refractivity contribution in [2.45, 2.75) is 37.3 Å². The number of carbonyl (C=O) groups is 2. The third kappa shape index (κ3) is 4.17. The fourth-order valence-electron chi connectivity index (χ4n) is 2.07. The Kier molecular flexibility index (Phi) is 5.31. The highest BCUT2D eigenvalue weighted by Gasteiger charge is 2.40. The van der Waals surface area contributed by atoms with Gasteiger partial charge in [0.25, 0.3) is 0 Å². The number of amides is 1. The molecule has 1 aliphatic heterocycles. The molecule has 1 heterocycles. The third-order valence-electron chi connectivity index (χ3n) is 3.28. The van der Waals surface area contributed by atoms with Crippen molar-refractivity contribution in [2.24, 2.45) is 0 Å². The molecule has 0 bridgehead atoms. The van der Waals surface area contributed by atoms with Crippen LogP contribution in [0.1, 0.15) is 12.8 Å². The van der Waals surface area contributed by atoms with Gasteiger partial charge in [0.05, 0.1) is 18.2 Å². The number of nitrogens with one attached hydrogen (secondary N) is 2. The van der Waals surface area contributed by atoms with Gasteiger partial charge >= 0.3 is 5.97 Å². The second kappa shape index (κ2) is 7.21. The predicted molar refractivity (Wildman–Crippen MR) is 75.3 cm³/mol. The summed E-state index contributed by atoms with van der Waals surface area (Å²) < 4.78 is 4.72. The van der Waals surface area contributed by atoms with Crippen LogP contribution in [0, 0.1) is 0 Å². The lowest BCUT2D eigenvalue weighted by Crippen LogP contribution is -2.41. The summed E-state index contributed by atoms with van der Waals surface area (Å²) in [6.45, 7) is 0. The molecule has 0 spiro atoms. The molecule has 1 aromatic carbocycles. The maximum absolute atomic E-state index is 11.7. The van der Waals surface area contributed by atoms with Gasteiger partial charge in [-0.1, -0.05) is 18.2 Å². The van der Waals surface area contributed by atoms with Crippen molar-refractivity contribution < 1.29 is 29.6 Å². The van der Waals surface area contributed by atoms with Gasteiger partial charge in [-0.25, -0.2) is 4.79 Å². The number of carbonyl (C=O) groups excluding carboxylic acids is 2. The first-order chi connectivity index (χ1) is 10.5. The molecule has 1 aliphatic rings. The van der Waals surface area contributed by atoms with Crippen LogP contribution in [0.25, 0.3) is 0 Å². The summed E-state index contributed by atoms with van der Waals surface area (Å²) in [4.78, 5) is 22.7. The largest absolute Gasteiger partial charge is 0.457 e. The molecule has 22 heavy (non-hydrogen) atoms. The lowest BCUT2D eigenvalue weighted by atomic mass is 10.0. The zero-order chi connectivity index (χ0) is 16.1. The topological polar surface area (TPSA) is 128 Å². The van der Waals surface area contributed by atoms with Gasteiger partial charge in [-0.05, 0) is 12.1 Å². The van der Waals surface area contributed by atoms with Crippen LogP contribution in [-0.4, -0.2) is 51.6 Å². The van der Waals surface area contributed by atoms with E-state index in [0.29, 0.717) is 5.69 Å². The number of hydrogen-bond donors (Lipinski definition) is 5. The number of ether oxygens (including phenoxy) is 1. The lowest BCUT2D eigenvalue weighted by Gasteiger charge is -2.22. The molecule has 8 heteroatoms. The smallest absolute Gasteiger partial charge is 0.335 e. The van der Waals surface area contributed by atoms with Crippen LogP contribution < -0.4 is 10.9 Å². The normalized spacial score (nSPS) is 23.5. The molecular weight excluding hydrogens is 292 g/mol. The van der Waals surface area contributed by atoms with E-state index in [2.05, 4.69) is 10.9 Å². The minimum atomic E-state index is -1.44. The van der Waals surface area contributed by atoms with Gasteiger partial charge in [0, 0.05) is 6.42 Å². The number of hydrogen-bond acceptors (Lipinski definition) is 7. The molecule has 0 radical (unpaired) electrons. The minimum absolute atomic E-state index is 0.110. The monoisotopic (exact) mass is 310 g/mol. The van der Waals surface area contributed by atoms with Gasteiger partial charge < -0.3 is 20.1 Å². The van der Waals surface area contributed by atoms with Gasteiger partial charge in [0.2, 0.25) is 5.91 Å². The Bertz CT molecular complexity index is 523. The number of esters is 1. The van der Waals surface area contributed by atoms with Crippen LogP contribution in [0.5, 0.6) is 0 Å². The number of anilines is 1. The van der Waals surface area contributed by atoms with Gasteiger partial charge in [0.15, 0.2) is 6.10 Å². The highest BCUT2D eigenvalue weighted by atomic mass is 16.6. The second-order valence-electron chi connectivity index (χ2n) is 5.03. The van der Waals surface area contributed by atoms with E-state index < -0.39 is 36.3 Å². The molecule has 1 amide bonds. The van der Waals surface area contributed by atoms with Crippen molar-refractivity contribution in [1.82, 2.24) is 5.43 Å². The first-order valence-electron chi connectivity index (χ1n) is 6.82. The van der Waals surface area contributed by atoms with E-state index in [1.54, 1.807) is 24.3 Å². The SMILES string of the molecule is O=C(CC(O)C(O)C1CC(O)C(=O)O1)NNc1ccccc1. The number of hydrazine groups is 1. The Balaban J connectivity index is 1.77. The Labute approximate surface area is 126 Å². The second-order valence-corrected chi connectivity index (χ2v) is 5.03. The fraction of sp³-hybridized carbons (Fsp3) is 0.429. The van der Waals surface area contributed by atoms with Crippen molar-refractivity contribution in [1.29, 1.82) is 0 Å². The minimum Gasteiger partial charge on any atom is -0.457 e. The van der Waals surface area contributed by atoms with Crippen molar-refractivity contribution in [3.05, 3.63) is 30.3 Å². The molecule has 0 aliphatic carbocycles. The number of rotatable bonds is 6. The number of cyclic esters (lactones) is 1. The molecule has 1 aromatic rings. The van der Waals surface area contributed by atoms with Crippen molar-refractivity contribution in [3.63, 3.8) is 0 Å². The van der Waals surface area contributed by atoms with Crippen LogP contribution >= 0.6 is 0 Å². The maximum Gasteiger partial charge on any atom is 0.335 e. The standard InChI is InChI=1S/C14H18N2O6/c17-9(13(20)11-6-10(18)14(21)22-11)7-12(19)16-15-8-4-2-1-3-5-8/h1-5,9-11,13,15,17-18,20H,6-7H2,(H,16,19). The van der Waals surface area contributed by atoms with Crippen LogP contribution in [0.15, 0.2) is 30.3 Å². The van der Waals surface area contributed by atoms with E-state index in [9.17, 15) is 24.9 Å². The lowest BCUT2D eigenvalue weighted by molar-refractivity contribution is -0.153. The molecule has 2 rings (SSSR count).